The van der Waals surface area contributed by atoms with Crippen molar-refractivity contribution in [1.82, 2.24) is 4.90 Å². The van der Waals surface area contributed by atoms with Crippen LogP contribution in [0.5, 0.6) is 0 Å². The molecule has 0 atom stereocenters. The molecule has 8 heteroatoms. The van der Waals surface area contributed by atoms with E-state index in [9.17, 15) is 19.2 Å². The quantitative estimate of drug-likeness (QED) is 0.597. The number of rotatable bonds is 5. The van der Waals surface area contributed by atoms with Gasteiger partial charge in [-0.1, -0.05) is 24.3 Å². The predicted molar refractivity (Wildman–Crippen MR) is 87.5 cm³/mol. The molecule has 1 fully saturated rings. The minimum Gasteiger partial charge on any atom is -0.450 e. The van der Waals surface area contributed by atoms with Crippen molar-refractivity contribution in [2.75, 3.05) is 19.8 Å². The number of carbonyl (C=O) groups is 4. The molecule has 1 aliphatic rings. The van der Waals surface area contributed by atoms with E-state index >= 15 is 0 Å². The zero-order valence-electron chi connectivity index (χ0n) is 13.9. The maximum absolute atomic E-state index is 12.0. The third-order valence-corrected chi connectivity index (χ3v) is 3.77. The van der Waals surface area contributed by atoms with Crippen molar-refractivity contribution in [2.24, 2.45) is 0 Å². The van der Waals surface area contributed by atoms with Gasteiger partial charge in [-0.15, -0.1) is 0 Å². The van der Waals surface area contributed by atoms with Crippen molar-refractivity contribution in [3.63, 3.8) is 0 Å². The van der Waals surface area contributed by atoms with Gasteiger partial charge in [0.15, 0.2) is 12.4 Å². The summed E-state index contributed by atoms with van der Waals surface area (Å²) in [6.07, 6.45) is -0.750. The Bertz CT molecular complexity index is 866. The van der Waals surface area contributed by atoms with Crippen molar-refractivity contribution < 1.29 is 33.1 Å². The lowest BCUT2D eigenvalue weighted by molar-refractivity contribution is -0.131. The molecule has 0 saturated carbocycles. The van der Waals surface area contributed by atoms with Gasteiger partial charge in [0.2, 0.25) is 5.76 Å². The summed E-state index contributed by atoms with van der Waals surface area (Å²) in [5.74, 6) is -1.19. The highest BCUT2D eigenvalue weighted by atomic mass is 16.6. The number of nitrogens with zero attached hydrogens (tertiary/aromatic N) is 1. The molecule has 1 saturated heterocycles. The Labute approximate surface area is 148 Å². The van der Waals surface area contributed by atoms with Crippen LogP contribution in [0, 0.1) is 0 Å². The van der Waals surface area contributed by atoms with Crippen LogP contribution in [0.1, 0.15) is 27.8 Å². The van der Waals surface area contributed by atoms with Crippen molar-refractivity contribution in [3.05, 3.63) is 47.7 Å². The number of amides is 2. The second-order valence-electron chi connectivity index (χ2n) is 5.53. The number of ketones is 1. The van der Waals surface area contributed by atoms with E-state index in [2.05, 4.69) is 4.74 Å². The number of cyclic esters (lactones) is 1. The number of Topliss-reactive ketones (excluding diaryl/α,β-unsaturated/α-hetero) is 1. The molecule has 0 unspecified atom stereocenters. The Hall–Kier alpha value is -3.42. The van der Waals surface area contributed by atoms with Crippen LogP contribution in [-0.2, 0) is 14.3 Å². The average molecular weight is 357 g/mol. The fourth-order valence-corrected chi connectivity index (χ4v) is 2.37. The van der Waals surface area contributed by atoms with Gasteiger partial charge >= 0.3 is 12.1 Å². The molecule has 1 aromatic heterocycles. The highest BCUT2D eigenvalue weighted by molar-refractivity contribution is 5.96. The highest BCUT2D eigenvalue weighted by Crippen LogP contribution is 2.23. The number of furan rings is 1. The molecule has 3 rings (SSSR count). The molecular formula is C18H15NO7. The molecule has 2 amide bonds. The number of hydrogen-bond acceptors (Lipinski definition) is 7. The van der Waals surface area contributed by atoms with Crippen LogP contribution < -0.4 is 0 Å². The first kappa shape index (κ1) is 17.4. The molecular weight excluding hydrogens is 342 g/mol. The molecule has 0 spiro atoms. The molecule has 0 radical (unpaired) electrons. The molecule has 0 N–H and O–H groups in total. The first-order valence-corrected chi connectivity index (χ1v) is 7.81. The molecule has 1 aromatic carbocycles. The summed E-state index contributed by atoms with van der Waals surface area (Å²) in [7, 11) is 0. The standard InChI is InChI=1S/C18H15NO7/c1-11(20)12-2-4-13(5-3-12)14-6-7-15(26-14)17(22)25-10-16(21)19-8-9-24-18(19)23/h2-7H,8-10H2,1H3. The van der Waals surface area contributed by atoms with E-state index in [1.54, 1.807) is 30.3 Å². The topological polar surface area (TPSA) is 103 Å². The number of hydrogen-bond donors (Lipinski definition) is 0. The molecule has 26 heavy (non-hydrogen) atoms. The van der Waals surface area contributed by atoms with E-state index in [0.29, 0.717) is 16.9 Å². The van der Waals surface area contributed by atoms with Gasteiger partial charge < -0.3 is 13.9 Å². The Morgan fingerprint density at radius 1 is 1.12 bits per heavy atom. The normalized spacial score (nSPS) is 13.4. The number of carbonyl (C=O) groups excluding carboxylic acids is 4. The van der Waals surface area contributed by atoms with E-state index in [1.807, 2.05) is 0 Å². The summed E-state index contributed by atoms with van der Waals surface area (Å²) in [5.41, 5.74) is 1.25. The summed E-state index contributed by atoms with van der Waals surface area (Å²) >= 11 is 0. The van der Waals surface area contributed by atoms with E-state index in [1.165, 1.54) is 13.0 Å². The second kappa shape index (κ2) is 7.22. The molecule has 8 nitrogen and oxygen atoms in total. The maximum Gasteiger partial charge on any atom is 0.416 e. The van der Waals surface area contributed by atoms with E-state index < -0.39 is 24.6 Å². The average Bonchev–Trinajstić information content (AvgIpc) is 3.28. The van der Waals surface area contributed by atoms with Crippen LogP contribution in [0.2, 0.25) is 0 Å². The minimum absolute atomic E-state index is 0.0492. The third-order valence-electron chi connectivity index (χ3n) is 3.77. The van der Waals surface area contributed by atoms with Crippen LogP contribution in [0.3, 0.4) is 0 Å². The van der Waals surface area contributed by atoms with E-state index in [-0.39, 0.29) is 24.7 Å². The van der Waals surface area contributed by atoms with Crippen LogP contribution >= 0.6 is 0 Å². The third kappa shape index (κ3) is 3.64. The molecule has 0 aliphatic carbocycles. The molecule has 2 aromatic rings. The smallest absolute Gasteiger partial charge is 0.416 e. The van der Waals surface area contributed by atoms with E-state index in [0.717, 1.165) is 4.90 Å². The molecule has 134 valence electrons. The van der Waals surface area contributed by atoms with Crippen LogP contribution in [0.4, 0.5) is 4.79 Å². The lowest BCUT2D eigenvalue weighted by Gasteiger charge is -2.10. The summed E-state index contributed by atoms with van der Waals surface area (Å²) in [5, 5.41) is 0. The Morgan fingerprint density at radius 3 is 2.46 bits per heavy atom. The summed E-state index contributed by atoms with van der Waals surface area (Å²) < 4.78 is 14.9. The van der Waals surface area contributed by atoms with Gasteiger partial charge in [0.25, 0.3) is 5.91 Å². The van der Waals surface area contributed by atoms with Gasteiger partial charge in [0.05, 0.1) is 6.54 Å². The van der Waals surface area contributed by atoms with Gasteiger partial charge in [-0.2, -0.15) is 0 Å². The van der Waals surface area contributed by atoms with Gasteiger partial charge in [-0.3, -0.25) is 9.59 Å². The largest absolute Gasteiger partial charge is 0.450 e. The monoisotopic (exact) mass is 357 g/mol. The van der Waals surface area contributed by atoms with Gasteiger partial charge in [0, 0.05) is 11.1 Å². The SMILES string of the molecule is CC(=O)c1ccc(-c2ccc(C(=O)OCC(=O)N3CCOC3=O)o2)cc1. The van der Waals surface area contributed by atoms with Gasteiger partial charge in [0.1, 0.15) is 12.4 Å². The van der Waals surface area contributed by atoms with Crippen LogP contribution in [0.25, 0.3) is 11.3 Å². The number of benzene rings is 1. The van der Waals surface area contributed by atoms with Crippen molar-refractivity contribution in [3.8, 4) is 11.3 Å². The first-order chi connectivity index (χ1) is 12.5. The molecule has 2 heterocycles. The summed E-state index contributed by atoms with van der Waals surface area (Å²) in [6.45, 7) is 1.15. The zero-order chi connectivity index (χ0) is 18.7. The Kier molecular flexibility index (Phi) is 4.83. The fraction of sp³-hybridized carbons (Fsp3) is 0.222. The highest BCUT2D eigenvalue weighted by Gasteiger charge is 2.29. The molecule has 1 aliphatic heterocycles. The minimum atomic E-state index is -0.822. The summed E-state index contributed by atoms with van der Waals surface area (Å²) in [4.78, 5) is 47.2. The maximum atomic E-state index is 12.0. The van der Waals surface area contributed by atoms with Crippen molar-refractivity contribution in [2.45, 2.75) is 6.92 Å². The summed E-state index contributed by atoms with van der Waals surface area (Å²) in [6, 6.07) is 9.72. The molecule has 0 bridgehead atoms. The van der Waals surface area contributed by atoms with Gasteiger partial charge in [-0.25, -0.2) is 14.5 Å². The Morgan fingerprint density at radius 2 is 1.85 bits per heavy atom. The predicted octanol–water partition coefficient (Wildman–Crippen LogP) is 2.28. The van der Waals surface area contributed by atoms with Crippen molar-refractivity contribution >= 4 is 23.8 Å². The van der Waals surface area contributed by atoms with E-state index in [4.69, 9.17) is 9.15 Å². The van der Waals surface area contributed by atoms with Gasteiger partial charge in [-0.05, 0) is 19.1 Å². The first-order valence-electron chi connectivity index (χ1n) is 7.81. The lowest BCUT2D eigenvalue weighted by Crippen LogP contribution is -2.35. The lowest BCUT2D eigenvalue weighted by atomic mass is 10.1. The Balaban J connectivity index is 1.61. The fourth-order valence-electron chi connectivity index (χ4n) is 2.37. The second-order valence-corrected chi connectivity index (χ2v) is 5.53. The van der Waals surface area contributed by atoms with Crippen molar-refractivity contribution in [1.29, 1.82) is 0 Å². The zero-order valence-corrected chi connectivity index (χ0v) is 13.9. The number of imide groups is 1. The van der Waals surface area contributed by atoms with Crippen LogP contribution in [0.15, 0.2) is 40.8 Å². The van der Waals surface area contributed by atoms with Crippen LogP contribution in [-0.4, -0.2) is 48.4 Å². The number of esters is 1. The number of ether oxygens (including phenoxy) is 2.